The lowest BCUT2D eigenvalue weighted by atomic mass is 10.2. The van der Waals surface area contributed by atoms with Crippen LogP contribution < -0.4 is 10.0 Å². The normalized spacial score (nSPS) is 14.4. The largest absolute Gasteiger partial charge is 0.347 e. The minimum absolute atomic E-state index is 0.0408. The average Bonchev–Trinajstić information content (AvgIpc) is 3.27. The Morgan fingerprint density at radius 2 is 1.96 bits per heavy atom. The number of halogens is 1. The predicted molar refractivity (Wildman–Crippen MR) is 85.8 cm³/mol. The Morgan fingerprint density at radius 3 is 2.52 bits per heavy atom. The summed E-state index contributed by atoms with van der Waals surface area (Å²) in [7, 11) is -0.617. The number of nitrogens with one attached hydrogen (secondary N) is 2. The molecule has 0 aromatic heterocycles. The van der Waals surface area contributed by atoms with Crippen molar-refractivity contribution in [2.75, 3.05) is 20.6 Å². The van der Waals surface area contributed by atoms with E-state index >= 15 is 0 Å². The Hall–Kier alpha value is -1.64. The van der Waals surface area contributed by atoms with Crippen LogP contribution in [-0.4, -0.2) is 51.8 Å². The predicted octanol–water partition coefficient (Wildman–Crippen LogP) is 0.599. The van der Waals surface area contributed by atoms with E-state index in [1.165, 1.54) is 23.1 Å². The summed E-state index contributed by atoms with van der Waals surface area (Å²) in [6.07, 6.45) is 1.59. The van der Waals surface area contributed by atoms with Gasteiger partial charge in [-0.25, -0.2) is 13.1 Å². The number of hydrogen-bond donors (Lipinski definition) is 2. The van der Waals surface area contributed by atoms with Crippen LogP contribution in [-0.2, 0) is 14.8 Å². The van der Waals surface area contributed by atoms with E-state index < -0.39 is 15.9 Å². The third-order valence-corrected chi connectivity index (χ3v) is 5.28. The van der Waals surface area contributed by atoms with E-state index in [1.807, 2.05) is 0 Å². The van der Waals surface area contributed by atoms with Crippen LogP contribution >= 0.6 is 11.6 Å². The first kappa shape index (κ1) is 17.7. The van der Waals surface area contributed by atoms with Gasteiger partial charge in [0.25, 0.3) is 5.91 Å². The third-order valence-electron chi connectivity index (χ3n) is 3.28. The van der Waals surface area contributed by atoms with E-state index in [-0.39, 0.29) is 34.0 Å². The molecule has 0 bridgehead atoms. The van der Waals surface area contributed by atoms with Gasteiger partial charge in [0.2, 0.25) is 15.9 Å². The van der Waals surface area contributed by atoms with E-state index in [2.05, 4.69) is 10.0 Å². The van der Waals surface area contributed by atoms with Crippen LogP contribution in [0.4, 0.5) is 0 Å². The van der Waals surface area contributed by atoms with Gasteiger partial charge in [-0.2, -0.15) is 0 Å². The van der Waals surface area contributed by atoms with Gasteiger partial charge in [-0.15, -0.1) is 0 Å². The zero-order valence-electron chi connectivity index (χ0n) is 12.8. The molecule has 1 fully saturated rings. The van der Waals surface area contributed by atoms with E-state index in [0.717, 1.165) is 12.8 Å². The second kappa shape index (κ2) is 6.86. The average molecular weight is 360 g/mol. The monoisotopic (exact) mass is 359 g/mol. The lowest BCUT2D eigenvalue weighted by Crippen LogP contribution is -2.36. The van der Waals surface area contributed by atoms with Crippen LogP contribution in [0.15, 0.2) is 23.1 Å². The van der Waals surface area contributed by atoms with E-state index in [9.17, 15) is 18.0 Å². The first-order chi connectivity index (χ1) is 10.7. The molecule has 2 N–H and O–H groups in total. The number of amides is 2. The van der Waals surface area contributed by atoms with Crippen molar-refractivity contribution in [3.63, 3.8) is 0 Å². The molecule has 7 nitrogen and oxygen atoms in total. The molecule has 1 aromatic carbocycles. The molecule has 23 heavy (non-hydrogen) atoms. The van der Waals surface area contributed by atoms with Gasteiger partial charge in [-0.05, 0) is 31.0 Å². The Morgan fingerprint density at radius 1 is 1.30 bits per heavy atom. The first-order valence-electron chi connectivity index (χ1n) is 7.01. The molecule has 0 heterocycles. The fourth-order valence-corrected chi connectivity index (χ4v) is 3.58. The number of likely N-dealkylation sites (N-methyl/N-ethyl adjacent to an activating group) is 1. The summed E-state index contributed by atoms with van der Waals surface area (Å²) in [5.41, 5.74) is 0.122. The summed E-state index contributed by atoms with van der Waals surface area (Å²) in [6.45, 7) is -0.170. The second-order valence-corrected chi connectivity index (χ2v) is 7.60. The zero-order valence-corrected chi connectivity index (χ0v) is 14.4. The van der Waals surface area contributed by atoms with Crippen LogP contribution in [0.5, 0.6) is 0 Å². The maximum Gasteiger partial charge on any atom is 0.251 e. The van der Waals surface area contributed by atoms with Crippen molar-refractivity contribution in [3.05, 3.63) is 28.8 Å². The third kappa shape index (κ3) is 4.66. The molecule has 0 saturated heterocycles. The molecule has 1 aliphatic carbocycles. The standard InChI is InChI=1S/C14H18ClN3O4S/c1-18(2)13(19)8-16-14(20)9-3-6-11(15)12(7-9)23(21,22)17-10-4-5-10/h3,6-7,10,17H,4-5,8H2,1-2H3,(H,16,20). The molecule has 9 heteroatoms. The summed E-state index contributed by atoms with van der Waals surface area (Å²) in [5, 5.41) is 2.48. The molecule has 1 aromatic rings. The number of carbonyl (C=O) groups excluding carboxylic acids is 2. The summed E-state index contributed by atoms with van der Waals surface area (Å²) >= 11 is 5.95. The van der Waals surface area contributed by atoms with Gasteiger partial charge in [0.1, 0.15) is 4.90 Å². The smallest absolute Gasteiger partial charge is 0.251 e. The number of rotatable bonds is 6. The molecule has 126 valence electrons. The highest BCUT2D eigenvalue weighted by Gasteiger charge is 2.29. The van der Waals surface area contributed by atoms with Crippen LogP contribution in [0, 0.1) is 0 Å². The molecule has 1 saturated carbocycles. The Labute approximate surface area is 140 Å². The minimum Gasteiger partial charge on any atom is -0.347 e. The van der Waals surface area contributed by atoms with Crippen molar-refractivity contribution in [1.82, 2.24) is 14.9 Å². The Balaban J connectivity index is 2.16. The maximum absolute atomic E-state index is 12.2. The summed E-state index contributed by atoms with van der Waals surface area (Å²) < 4.78 is 27.0. The SMILES string of the molecule is CN(C)C(=O)CNC(=O)c1ccc(Cl)c(S(=O)(=O)NC2CC2)c1. The molecule has 0 radical (unpaired) electrons. The van der Waals surface area contributed by atoms with Crippen LogP contribution in [0.3, 0.4) is 0 Å². The van der Waals surface area contributed by atoms with Gasteiger partial charge in [0, 0.05) is 25.7 Å². The molecule has 1 aliphatic rings. The lowest BCUT2D eigenvalue weighted by Gasteiger charge is -2.12. The van der Waals surface area contributed by atoms with E-state index in [1.54, 1.807) is 14.1 Å². The highest BCUT2D eigenvalue weighted by molar-refractivity contribution is 7.89. The van der Waals surface area contributed by atoms with Crippen molar-refractivity contribution >= 4 is 33.4 Å². The van der Waals surface area contributed by atoms with Crippen molar-refractivity contribution < 1.29 is 18.0 Å². The van der Waals surface area contributed by atoms with Crippen molar-refractivity contribution in [1.29, 1.82) is 0 Å². The van der Waals surface area contributed by atoms with Gasteiger partial charge < -0.3 is 10.2 Å². The van der Waals surface area contributed by atoms with Crippen molar-refractivity contribution in [2.24, 2.45) is 0 Å². The van der Waals surface area contributed by atoms with E-state index in [0.29, 0.717) is 0 Å². The molecule has 0 atom stereocenters. The van der Waals surface area contributed by atoms with Crippen molar-refractivity contribution in [3.8, 4) is 0 Å². The summed E-state index contributed by atoms with van der Waals surface area (Å²) in [6, 6.07) is 3.91. The lowest BCUT2D eigenvalue weighted by molar-refractivity contribution is -0.127. The number of sulfonamides is 1. The number of benzene rings is 1. The van der Waals surface area contributed by atoms with Gasteiger partial charge in [-0.3, -0.25) is 9.59 Å². The number of hydrogen-bond acceptors (Lipinski definition) is 4. The van der Waals surface area contributed by atoms with Crippen LogP contribution in [0.2, 0.25) is 5.02 Å². The summed E-state index contributed by atoms with van der Waals surface area (Å²) in [4.78, 5) is 24.7. The van der Waals surface area contributed by atoms with Crippen LogP contribution in [0.25, 0.3) is 0 Å². The van der Waals surface area contributed by atoms with Gasteiger partial charge >= 0.3 is 0 Å². The molecular weight excluding hydrogens is 342 g/mol. The molecule has 2 rings (SSSR count). The Bertz CT molecular complexity index is 730. The minimum atomic E-state index is -3.77. The van der Waals surface area contributed by atoms with E-state index in [4.69, 9.17) is 11.6 Å². The second-order valence-electron chi connectivity index (χ2n) is 5.51. The van der Waals surface area contributed by atoms with Gasteiger partial charge in [0.05, 0.1) is 11.6 Å². The fourth-order valence-electron chi connectivity index (χ4n) is 1.75. The van der Waals surface area contributed by atoms with Gasteiger partial charge in [-0.1, -0.05) is 11.6 Å². The van der Waals surface area contributed by atoms with Gasteiger partial charge in [0.15, 0.2) is 0 Å². The number of carbonyl (C=O) groups is 2. The quantitative estimate of drug-likeness (QED) is 0.777. The first-order valence-corrected chi connectivity index (χ1v) is 8.87. The highest BCUT2D eigenvalue weighted by Crippen LogP contribution is 2.26. The Kier molecular flexibility index (Phi) is 5.28. The highest BCUT2D eigenvalue weighted by atomic mass is 35.5. The fraction of sp³-hybridized carbons (Fsp3) is 0.429. The van der Waals surface area contributed by atoms with Crippen LogP contribution in [0.1, 0.15) is 23.2 Å². The molecule has 0 aliphatic heterocycles. The summed E-state index contributed by atoms with van der Waals surface area (Å²) in [5.74, 6) is -0.810. The maximum atomic E-state index is 12.2. The van der Waals surface area contributed by atoms with Crippen molar-refractivity contribution in [2.45, 2.75) is 23.8 Å². The molecular formula is C14H18ClN3O4S. The number of nitrogens with zero attached hydrogens (tertiary/aromatic N) is 1. The molecule has 0 unspecified atom stereocenters. The topological polar surface area (TPSA) is 95.6 Å². The molecule has 0 spiro atoms. The zero-order chi connectivity index (χ0) is 17.2. The molecule has 2 amide bonds.